The van der Waals surface area contributed by atoms with Crippen LogP contribution in [-0.4, -0.2) is 51.4 Å². The van der Waals surface area contributed by atoms with Crippen LogP contribution in [0.1, 0.15) is 20.8 Å². The molecule has 7 heteroatoms. The number of hydrogen-bond acceptors (Lipinski definition) is 7. The molecule has 1 fully saturated rings. The summed E-state index contributed by atoms with van der Waals surface area (Å²) in [7, 11) is 0. The summed E-state index contributed by atoms with van der Waals surface area (Å²) in [5.41, 5.74) is 0. The maximum Gasteiger partial charge on any atom is 0.349 e. The van der Waals surface area contributed by atoms with Gasteiger partial charge in [-0.25, -0.2) is 4.79 Å². The minimum Gasteiger partial charge on any atom is -0.465 e. The van der Waals surface area contributed by atoms with E-state index >= 15 is 0 Å². The van der Waals surface area contributed by atoms with Gasteiger partial charge in [0.2, 0.25) is 4.93 Å². The average Bonchev–Trinajstić information content (AvgIpc) is 2.34. The minimum atomic E-state index is -1.56. The normalized spacial score (nSPS) is 31.8. The Morgan fingerprint density at radius 2 is 1.67 bits per heavy atom. The van der Waals surface area contributed by atoms with Gasteiger partial charge in [0.05, 0.1) is 13.2 Å². The van der Waals surface area contributed by atoms with Gasteiger partial charge >= 0.3 is 11.9 Å². The van der Waals surface area contributed by atoms with E-state index in [1.165, 1.54) is 11.8 Å². The van der Waals surface area contributed by atoms with Gasteiger partial charge in [0, 0.05) is 11.5 Å². The van der Waals surface area contributed by atoms with Gasteiger partial charge in [0.1, 0.15) is 4.75 Å². The largest absolute Gasteiger partial charge is 0.465 e. The van der Waals surface area contributed by atoms with Gasteiger partial charge in [-0.3, -0.25) is 4.79 Å². The quantitative estimate of drug-likeness (QED) is 0.777. The lowest BCUT2D eigenvalue weighted by atomic mass is 10.2. The van der Waals surface area contributed by atoms with Gasteiger partial charge in [-0.1, -0.05) is 0 Å². The Labute approximate surface area is 115 Å². The fraction of sp³-hybridized carbons (Fsp3) is 0.818. The van der Waals surface area contributed by atoms with Crippen LogP contribution in [0, 0.1) is 0 Å². The zero-order valence-corrected chi connectivity index (χ0v) is 12.4. The van der Waals surface area contributed by atoms with E-state index < -0.39 is 15.6 Å². The molecule has 0 spiro atoms. The standard InChI is InChI=1S/C11H18O5S2/c1-4-15-8(12)10(3)6-18-11(14,7-17-10)9(13)16-5-2/h14H,4-7H2,1-3H3. The Morgan fingerprint density at radius 3 is 2.11 bits per heavy atom. The Morgan fingerprint density at radius 1 is 1.11 bits per heavy atom. The van der Waals surface area contributed by atoms with Crippen LogP contribution in [0.3, 0.4) is 0 Å². The second-order valence-corrected chi connectivity index (χ2v) is 6.76. The highest BCUT2D eigenvalue weighted by Crippen LogP contribution is 2.44. The van der Waals surface area contributed by atoms with E-state index in [0.29, 0.717) is 12.4 Å². The summed E-state index contributed by atoms with van der Waals surface area (Å²) in [4.78, 5) is 21.8. The van der Waals surface area contributed by atoms with Crippen LogP contribution in [0.2, 0.25) is 0 Å². The van der Waals surface area contributed by atoms with E-state index in [1.807, 2.05) is 0 Å². The van der Waals surface area contributed by atoms with Gasteiger partial charge in [0.25, 0.3) is 0 Å². The van der Waals surface area contributed by atoms with Crippen LogP contribution in [0.15, 0.2) is 0 Å². The number of hydrogen-bond donors (Lipinski definition) is 1. The smallest absolute Gasteiger partial charge is 0.349 e. The van der Waals surface area contributed by atoms with E-state index in [9.17, 15) is 14.7 Å². The number of carbonyl (C=O) groups is 2. The molecule has 1 rings (SSSR count). The summed E-state index contributed by atoms with van der Waals surface area (Å²) in [5, 5.41) is 10.1. The second kappa shape index (κ2) is 6.16. The van der Waals surface area contributed by atoms with Crippen molar-refractivity contribution in [3.05, 3.63) is 0 Å². The van der Waals surface area contributed by atoms with Crippen molar-refractivity contribution in [3.63, 3.8) is 0 Å². The maximum atomic E-state index is 11.8. The van der Waals surface area contributed by atoms with Crippen LogP contribution in [0.5, 0.6) is 0 Å². The lowest BCUT2D eigenvalue weighted by Gasteiger charge is -2.37. The zero-order valence-electron chi connectivity index (χ0n) is 10.7. The number of aliphatic hydroxyl groups is 1. The molecule has 1 heterocycles. The Kier molecular flexibility index (Phi) is 5.36. The van der Waals surface area contributed by atoms with Gasteiger partial charge in [-0.05, 0) is 20.8 Å². The Bertz CT molecular complexity index is 291. The lowest BCUT2D eigenvalue weighted by Crippen LogP contribution is -2.49. The summed E-state index contributed by atoms with van der Waals surface area (Å²) in [6, 6.07) is 0. The molecule has 1 N–H and O–H groups in total. The molecule has 0 aromatic carbocycles. The van der Waals surface area contributed by atoms with Crippen LogP contribution in [0.4, 0.5) is 0 Å². The molecule has 5 nitrogen and oxygen atoms in total. The van der Waals surface area contributed by atoms with Crippen LogP contribution in [-0.2, 0) is 19.1 Å². The molecule has 2 unspecified atom stereocenters. The molecule has 0 saturated carbocycles. The summed E-state index contributed by atoms with van der Waals surface area (Å²) in [5.74, 6) is -0.528. The molecule has 1 saturated heterocycles. The highest BCUT2D eigenvalue weighted by atomic mass is 32.2. The molecule has 18 heavy (non-hydrogen) atoms. The molecule has 0 bridgehead atoms. The van der Waals surface area contributed by atoms with Crippen molar-refractivity contribution in [2.45, 2.75) is 30.5 Å². The number of carbonyl (C=O) groups excluding carboxylic acids is 2. The molecule has 0 radical (unpaired) electrons. The van der Waals surface area contributed by atoms with E-state index in [-0.39, 0.29) is 18.3 Å². The Balaban J connectivity index is 2.64. The molecule has 104 valence electrons. The Hall–Kier alpha value is -0.400. The third kappa shape index (κ3) is 3.33. The van der Waals surface area contributed by atoms with Crippen molar-refractivity contribution < 1.29 is 24.2 Å². The van der Waals surface area contributed by atoms with Gasteiger partial charge < -0.3 is 14.6 Å². The highest BCUT2D eigenvalue weighted by Gasteiger charge is 2.50. The zero-order chi connectivity index (χ0) is 13.8. The molecule has 0 aromatic heterocycles. The molecule has 2 atom stereocenters. The van der Waals surface area contributed by atoms with Crippen molar-refractivity contribution in [1.29, 1.82) is 0 Å². The third-order valence-corrected chi connectivity index (χ3v) is 5.86. The van der Waals surface area contributed by atoms with E-state index in [2.05, 4.69) is 0 Å². The van der Waals surface area contributed by atoms with Crippen LogP contribution in [0.25, 0.3) is 0 Å². The van der Waals surface area contributed by atoms with Crippen molar-refractivity contribution >= 4 is 35.5 Å². The first-order chi connectivity index (χ1) is 8.38. The minimum absolute atomic E-state index is 0.117. The summed E-state index contributed by atoms with van der Waals surface area (Å²) in [6.07, 6.45) is 0. The van der Waals surface area contributed by atoms with Gasteiger partial charge in [-0.2, -0.15) is 0 Å². The summed E-state index contributed by atoms with van der Waals surface area (Å²) < 4.78 is 9.09. The van der Waals surface area contributed by atoms with Gasteiger partial charge in [0.15, 0.2) is 0 Å². The monoisotopic (exact) mass is 294 g/mol. The fourth-order valence-corrected chi connectivity index (χ4v) is 4.00. The van der Waals surface area contributed by atoms with Crippen LogP contribution < -0.4 is 0 Å². The average molecular weight is 294 g/mol. The lowest BCUT2D eigenvalue weighted by molar-refractivity contribution is -0.154. The van der Waals surface area contributed by atoms with Crippen molar-refractivity contribution in [1.82, 2.24) is 0 Å². The van der Waals surface area contributed by atoms with E-state index in [4.69, 9.17) is 9.47 Å². The second-order valence-electron chi connectivity index (χ2n) is 4.03. The highest BCUT2D eigenvalue weighted by molar-refractivity contribution is 8.08. The first kappa shape index (κ1) is 15.7. The molecular weight excluding hydrogens is 276 g/mol. The van der Waals surface area contributed by atoms with Crippen molar-refractivity contribution in [3.8, 4) is 0 Å². The third-order valence-electron chi connectivity index (χ3n) is 2.47. The molecule has 1 aliphatic rings. The fourth-order valence-electron chi connectivity index (χ4n) is 1.36. The topological polar surface area (TPSA) is 72.8 Å². The predicted octanol–water partition coefficient (Wildman–Crippen LogP) is 1.04. The number of esters is 2. The number of ether oxygens (including phenoxy) is 2. The predicted molar refractivity (Wildman–Crippen MR) is 71.5 cm³/mol. The first-order valence-electron chi connectivity index (χ1n) is 5.72. The van der Waals surface area contributed by atoms with Gasteiger partial charge in [-0.15, -0.1) is 23.5 Å². The number of thioether (sulfide) groups is 2. The summed E-state index contributed by atoms with van der Waals surface area (Å²) >= 11 is 2.26. The van der Waals surface area contributed by atoms with Crippen LogP contribution >= 0.6 is 23.5 Å². The summed E-state index contributed by atoms with van der Waals surface area (Å²) in [6.45, 7) is 5.73. The molecule has 1 aliphatic heterocycles. The molecule has 0 aromatic rings. The first-order valence-corrected chi connectivity index (χ1v) is 7.70. The molecule has 0 amide bonds. The van der Waals surface area contributed by atoms with E-state index in [1.54, 1.807) is 20.8 Å². The SMILES string of the molecule is CCOC(=O)C1(C)CSC(O)(C(=O)OCC)CS1. The molecular formula is C11H18O5S2. The molecule has 0 aliphatic carbocycles. The van der Waals surface area contributed by atoms with Crippen molar-refractivity contribution in [2.24, 2.45) is 0 Å². The van der Waals surface area contributed by atoms with E-state index in [0.717, 1.165) is 11.8 Å². The number of rotatable bonds is 4. The van der Waals surface area contributed by atoms with Crippen molar-refractivity contribution in [2.75, 3.05) is 24.7 Å². The maximum absolute atomic E-state index is 11.8.